The fraction of sp³-hybridized carbons (Fsp3) is 0.500. The third-order valence-electron chi connectivity index (χ3n) is 2.55. The number of amides is 1. The minimum atomic E-state index is -0.495. The highest BCUT2D eigenvalue weighted by atomic mass is 32.1. The van der Waals surface area contributed by atoms with E-state index in [4.69, 9.17) is 9.47 Å². The summed E-state index contributed by atoms with van der Waals surface area (Å²) in [5, 5.41) is 0. The molecule has 0 saturated carbocycles. The van der Waals surface area contributed by atoms with Gasteiger partial charge in [0.25, 0.3) is 0 Å². The second kappa shape index (κ2) is 6.26. The van der Waals surface area contributed by atoms with E-state index >= 15 is 0 Å². The Kier molecular flexibility index (Phi) is 4.62. The Morgan fingerprint density at radius 3 is 2.86 bits per heavy atom. The molecular formula is C14H19N3O3S. The predicted molar refractivity (Wildman–Crippen MR) is 81.8 cm³/mol. The van der Waals surface area contributed by atoms with Crippen molar-refractivity contribution >= 4 is 27.8 Å². The van der Waals surface area contributed by atoms with Gasteiger partial charge in [-0.15, -0.1) is 11.3 Å². The van der Waals surface area contributed by atoms with Gasteiger partial charge in [-0.25, -0.2) is 14.8 Å². The van der Waals surface area contributed by atoms with Gasteiger partial charge in [-0.2, -0.15) is 0 Å². The molecule has 0 aliphatic heterocycles. The van der Waals surface area contributed by atoms with Crippen LogP contribution < -0.4 is 4.74 Å². The highest BCUT2D eigenvalue weighted by Gasteiger charge is 2.19. The van der Waals surface area contributed by atoms with E-state index in [-0.39, 0.29) is 6.09 Å². The van der Waals surface area contributed by atoms with E-state index in [0.717, 1.165) is 10.3 Å². The monoisotopic (exact) mass is 309 g/mol. The molecule has 2 aromatic heterocycles. The zero-order valence-electron chi connectivity index (χ0n) is 12.6. The van der Waals surface area contributed by atoms with Crippen LogP contribution >= 0.6 is 11.3 Å². The molecule has 0 bridgehead atoms. The number of likely N-dealkylation sites (N-methyl/N-ethyl adjacent to an activating group) is 1. The normalized spacial score (nSPS) is 11.4. The molecule has 6 nitrogen and oxygen atoms in total. The number of aromatic nitrogens is 2. The van der Waals surface area contributed by atoms with Crippen molar-refractivity contribution in [2.45, 2.75) is 26.4 Å². The Hall–Kier alpha value is -1.89. The summed E-state index contributed by atoms with van der Waals surface area (Å²) in [5.74, 6) is 0.532. The number of ether oxygens (including phenoxy) is 2. The second-order valence-corrected chi connectivity index (χ2v) is 6.41. The molecule has 1 amide bonds. The van der Waals surface area contributed by atoms with Crippen molar-refractivity contribution in [2.75, 3.05) is 20.2 Å². The number of hydrogen-bond donors (Lipinski definition) is 0. The second-order valence-electron chi connectivity index (χ2n) is 5.58. The minimum Gasteiger partial charge on any atom is -0.476 e. The molecule has 0 fully saturated rings. The molecule has 0 radical (unpaired) electrons. The van der Waals surface area contributed by atoms with Gasteiger partial charge in [0.1, 0.15) is 22.6 Å². The molecular weight excluding hydrogens is 290 g/mol. The van der Waals surface area contributed by atoms with Crippen LogP contribution in [0.25, 0.3) is 10.3 Å². The summed E-state index contributed by atoms with van der Waals surface area (Å²) in [5.41, 5.74) is 2.11. The average molecular weight is 309 g/mol. The quantitative estimate of drug-likeness (QED) is 0.869. The first kappa shape index (κ1) is 15.5. The number of hydrogen-bond acceptors (Lipinski definition) is 6. The van der Waals surface area contributed by atoms with Crippen LogP contribution in [0.15, 0.2) is 17.6 Å². The summed E-state index contributed by atoms with van der Waals surface area (Å²) in [6.45, 7) is 6.29. The lowest BCUT2D eigenvalue weighted by molar-refractivity contribution is 0.0277. The predicted octanol–water partition coefficient (Wildman–Crippen LogP) is 2.94. The Morgan fingerprint density at radius 2 is 2.14 bits per heavy atom. The molecule has 2 rings (SSSR count). The first-order valence-corrected chi connectivity index (χ1v) is 7.50. The molecule has 21 heavy (non-hydrogen) atoms. The lowest BCUT2D eigenvalue weighted by Gasteiger charge is -2.24. The number of carbonyl (C=O) groups excluding carboxylic acids is 1. The van der Waals surface area contributed by atoms with E-state index in [0.29, 0.717) is 19.0 Å². The van der Waals surface area contributed by atoms with E-state index in [1.165, 1.54) is 16.2 Å². The van der Waals surface area contributed by atoms with Crippen LogP contribution in [0.1, 0.15) is 20.8 Å². The lowest BCUT2D eigenvalue weighted by atomic mass is 10.2. The van der Waals surface area contributed by atoms with E-state index in [9.17, 15) is 4.79 Å². The number of carbonyl (C=O) groups is 1. The number of thiazole rings is 1. The van der Waals surface area contributed by atoms with Crippen LogP contribution in [0.4, 0.5) is 4.79 Å². The highest BCUT2D eigenvalue weighted by molar-refractivity contribution is 7.16. The molecule has 114 valence electrons. The van der Waals surface area contributed by atoms with Crippen molar-refractivity contribution in [1.82, 2.24) is 14.9 Å². The van der Waals surface area contributed by atoms with Crippen LogP contribution in [0.2, 0.25) is 0 Å². The maximum absolute atomic E-state index is 11.8. The molecule has 0 unspecified atom stereocenters. The Bertz CT molecular complexity index is 621. The smallest absolute Gasteiger partial charge is 0.410 e. The summed E-state index contributed by atoms with van der Waals surface area (Å²) in [6.07, 6.45) is -0.364. The van der Waals surface area contributed by atoms with Gasteiger partial charge in [0.15, 0.2) is 0 Å². The first-order valence-electron chi connectivity index (χ1n) is 6.62. The van der Waals surface area contributed by atoms with Gasteiger partial charge in [-0.1, -0.05) is 0 Å². The number of fused-ring (bicyclic) bond motifs is 1. The van der Waals surface area contributed by atoms with Gasteiger partial charge in [-0.3, -0.25) is 0 Å². The highest BCUT2D eigenvalue weighted by Crippen LogP contribution is 2.18. The molecule has 7 heteroatoms. The third-order valence-corrected chi connectivity index (χ3v) is 3.29. The summed E-state index contributed by atoms with van der Waals surface area (Å²) in [7, 11) is 1.68. The van der Waals surface area contributed by atoms with Crippen molar-refractivity contribution in [1.29, 1.82) is 0 Å². The average Bonchev–Trinajstić information content (AvgIpc) is 2.84. The van der Waals surface area contributed by atoms with Crippen LogP contribution in [0.3, 0.4) is 0 Å². The van der Waals surface area contributed by atoms with Crippen LogP contribution in [0.5, 0.6) is 5.88 Å². The molecule has 0 aromatic carbocycles. The largest absolute Gasteiger partial charge is 0.476 e. The molecule has 0 aliphatic carbocycles. The molecule has 0 atom stereocenters. The van der Waals surface area contributed by atoms with Gasteiger partial charge < -0.3 is 14.4 Å². The summed E-state index contributed by atoms with van der Waals surface area (Å²) >= 11 is 1.47. The van der Waals surface area contributed by atoms with Crippen molar-refractivity contribution in [2.24, 2.45) is 0 Å². The van der Waals surface area contributed by atoms with Crippen LogP contribution in [0, 0.1) is 0 Å². The zero-order chi connectivity index (χ0) is 15.5. The molecule has 2 aromatic rings. The third kappa shape index (κ3) is 4.56. The first-order chi connectivity index (χ1) is 9.85. The van der Waals surface area contributed by atoms with Crippen LogP contribution in [-0.4, -0.2) is 46.8 Å². The van der Waals surface area contributed by atoms with Crippen molar-refractivity contribution in [3.8, 4) is 5.88 Å². The van der Waals surface area contributed by atoms with Crippen molar-refractivity contribution < 1.29 is 14.3 Å². The topological polar surface area (TPSA) is 64.5 Å². The van der Waals surface area contributed by atoms with E-state index < -0.39 is 5.60 Å². The number of pyridine rings is 1. The summed E-state index contributed by atoms with van der Waals surface area (Å²) in [4.78, 5) is 22.6. The maximum atomic E-state index is 11.8. The van der Waals surface area contributed by atoms with E-state index in [1.807, 2.05) is 26.8 Å². The summed E-state index contributed by atoms with van der Waals surface area (Å²) < 4.78 is 10.8. The SMILES string of the molecule is CN(CCOc1ccc2ncsc2n1)C(=O)OC(C)(C)C. The van der Waals surface area contributed by atoms with Crippen molar-refractivity contribution in [3.05, 3.63) is 17.6 Å². The number of nitrogens with zero attached hydrogens (tertiary/aromatic N) is 3. The fourth-order valence-electron chi connectivity index (χ4n) is 1.53. The number of rotatable bonds is 4. The lowest BCUT2D eigenvalue weighted by Crippen LogP contribution is -2.36. The Labute approximate surface area is 127 Å². The van der Waals surface area contributed by atoms with Crippen LogP contribution in [-0.2, 0) is 4.74 Å². The van der Waals surface area contributed by atoms with Gasteiger partial charge in [-0.05, 0) is 26.8 Å². The molecule has 0 spiro atoms. The molecule has 2 heterocycles. The summed E-state index contributed by atoms with van der Waals surface area (Å²) in [6, 6.07) is 3.64. The Balaban J connectivity index is 1.82. The Morgan fingerprint density at radius 1 is 1.38 bits per heavy atom. The van der Waals surface area contributed by atoms with Gasteiger partial charge >= 0.3 is 6.09 Å². The molecule has 0 saturated heterocycles. The van der Waals surface area contributed by atoms with Gasteiger partial charge in [0.2, 0.25) is 5.88 Å². The van der Waals surface area contributed by atoms with Gasteiger partial charge in [0, 0.05) is 13.1 Å². The standard InChI is InChI=1S/C14H19N3O3S/c1-14(2,3)20-13(18)17(4)7-8-19-11-6-5-10-12(16-11)21-9-15-10/h5-6,9H,7-8H2,1-4H3. The molecule has 0 N–H and O–H groups in total. The van der Waals surface area contributed by atoms with Gasteiger partial charge in [0.05, 0.1) is 12.1 Å². The fourth-order valence-corrected chi connectivity index (χ4v) is 2.18. The van der Waals surface area contributed by atoms with E-state index in [1.54, 1.807) is 18.6 Å². The molecule has 0 aliphatic rings. The minimum absolute atomic E-state index is 0.354. The maximum Gasteiger partial charge on any atom is 0.410 e. The van der Waals surface area contributed by atoms with E-state index in [2.05, 4.69) is 9.97 Å². The van der Waals surface area contributed by atoms with Crippen molar-refractivity contribution in [3.63, 3.8) is 0 Å². The zero-order valence-corrected chi connectivity index (χ0v) is 13.4.